The Kier molecular flexibility index (Phi) is 9.54. The van der Waals surface area contributed by atoms with Gasteiger partial charge in [0, 0.05) is 23.9 Å². The fraction of sp³-hybridized carbons (Fsp3) is 0.176. The lowest BCUT2D eigenvalue weighted by atomic mass is 10.0. The first-order valence-corrected chi connectivity index (χ1v) is 15.4. The molecule has 0 fully saturated rings. The van der Waals surface area contributed by atoms with E-state index >= 15 is 0 Å². The van der Waals surface area contributed by atoms with Crippen LogP contribution >= 0.6 is 22.9 Å². The van der Waals surface area contributed by atoms with Crippen LogP contribution in [0.1, 0.15) is 47.1 Å². The Morgan fingerprint density at radius 2 is 1.72 bits per heavy atom. The van der Waals surface area contributed by atoms with Crippen molar-refractivity contribution in [1.29, 1.82) is 0 Å². The Morgan fingerprint density at radius 3 is 2.35 bits per heavy atom. The Hall–Kier alpha value is -5.00. The predicted molar refractivity (Wildman–Crippen MR) is 176 cm³/mol. The molecule has 46 heavy (non-hydrogen) atoms. The second-order valence-corrected chi connectivity index (χ2v) is 13.1. The van der Waals surface area contributed by atoms with Crippen molar-refractivity contribution in [2.45, 2.75) is 38.8 Å². The van der Waals surface area contributed by atoms with Crippen LogP contribution in [0.25, 0.3) is 16.3 Å². The molecule has 5 rings (SSSR count). The van der Waals surface area contributed by atoms with Crippen LogP contribution < -0.4 is 15.4 Å². The third-order valence-corrected chi connectivity index (χ3v) is 7.83. The number of nitrogens with zero attached hydrogens (tertiary/aromatic N) is 2. The summed E-state index contributed by atoms with van der Waals surface area (Å²) in [4.78, 5) is 39.3. The average molecular weight is 661 g/mol. The summed E-state index contributed by atoms with van der Waals surface area (Å²) in [7, 11) is 0. The number of nitrogens with one attached hydrogen (secondary N) is 2. The number of ether oxygens (including phenoxy) is 1. The highest BCUT2D eigenvalue weighted by molar-refractivity contribution is 7.19. The smallest absolute Gasteiger partial charge is 0.326 e. The molecule has 3 N–H and O–H groups in total. The van der Waals surface area contributed by atoms with Crippen LogP contribution in [-0.4, -0.2) is 44.3 Å². The first-order valence-electron chi connectivity index (χ1n) is 14.2. The Bertz CT molecular complexity index is 1880. The van der Waals surface area contributed by atoms with Gasteiger partial charge in [-0.25, -0.2) is 13.9 Å². The number of para-hydroxylation sites is 1. The monoisotopic (exact) mass is 660 g/mol. The van der Waals surface area contributed by atoms with Crippen LogP contribution in [0.2, 0.25) is 4.34 Å². The zero-order chi connectivity index (χ0) is 33.0. The van der Waals surface area contributed by atoms with Crippen molar-refractivity contribution in [2.75, 3.05) is 5.32 Å². The third-order valence-electron chi connectivity index (χ3n) is 6.59. The van der Waals surface area contributed by atoms with E-state index in [0.29, 0.717) is 26.2 Å². The van der Waals surface area contributed by atoms with Gasteiger partial charge in [0.05, 0.1) is 20.5 Å². The van der Waals surface area contributed by atoms with Crippen LogP contribution in [0.4, 0.5) is 10.1 Å². The number of carboxylic acids is 1. The van der Waals surface area contributed by atoms with E-state index in [1.165, 1.54) is 17.4 Å². The number of carbonyl (C=O) groups excluding carboxylic acids is 2. The topological polar surface area (TPSA) is 123 Å². The van der Waals surface area contributed by atoms with Gasteiger partial charge in [-0.15, -0.1) is 11.3 Å². The van der Waals surface area contributed by atoms with Crippen LogP contribution in [0, 0.1) is 5.82 Å². The molecule has 0 aliphatic rings. The van der Waals surface area contributed by atoms with Gasteiger partial charge in [-0.1, -0.05) is 41.9 Å². The number of aromatic nitrogens is 2. The van der Waals surface area contributed by atoms with E-state index in [9.17, 15) is 23.9 Å². The summed E-state index contributed by atoms with van der Waals surface area (Å²) in [5, 5.41) is 19.5. The summed E-state index contributed by atoms with van der Waals surface area (Å²) in [6.07, 6.45) is 1.54. The molecule has 0 spiro atoms. The van der Waals surface area contributed by atoms with Gasteiger partial charge in [0.15, 0.2) is 0 Å². The fourth-order valence-corrected chi connectivity index (χ4v) is 5.63. The maximum Gasteiger partial charge on any atom is 0.326 e. The molecule has 236 valence electrons. The van der Waals surface area contributed by atoms with Gasteiger partial charge in [0.2, 0.25) is 0 Å². The Labute approximate surface area is 273 Å². The molecule has 0 aliphatic carbocycles. The molecule has 9 nitrogen and oxygen atoms in total. The number of thiophene rings is 1. The van der Waals surface area contributed by atoms with Crippen molar-refractivity contribution in [2.24, 2.45) is 0 Å². The van der Waals surface area contributed by atoms with Gasteiger partial charge in [-0.2, -0.15) is 5.10 Å². The van der Waals surface area contributed by atoms with E-state index in [1.54, 1.807) is 47.3 Å². The zero-order valence-electron chi connectivity index (χ0n) is 25.1. The molecule has 3 aromatic carbocycles. The second kappa shape index (κ2) is 13.6. The number of hydrogen-bond donors (Lipinski definition) is 3. The molecule has 2 heterocycles. The number of benzene rings is 3. The molecular formula is C34H30ClFN4O5S. The van der Waals surface area contributed by atoms with Crippen molar-refractivity contribution in [3.63, 3.8) is 0 Å². The third kappa shape index (κ3) is 8.17. The number of halogens is 2. The van der Waals surface area contributed by atoms with Crippen LogP contribution in [0.3, 0.4) is 0 Å². The van der Waals surface area contributed by atoms with E-state index < -0.39 is 35.2 Å². The summed E-state index contributed by atoms with van der Waals surface area (Å²) >= 11 is 7.40. The van der Waals surface area contributed by atoms with Crippen LogP contribution in [-0.2, 0) is 11.2 Å². The maximum absolute atomic E-state index is 14.7. The predicted octanol–water partition coefficient (Wildman–Crippen LogP) is 7.25. The molecule has 2 amide bonds. The minimum atomic E-state index is -1.30. The van der Waals surface area contributed by atoms with Crippen molar-refractivity contribution in [1.82, 2.24) is 15.1 Å². The average Bonchev–Trinajstić information content (AvgIpc) is 3.64. The van der Waals surface area contributed by atoms with Crippen molar-refractivity contribution in [3.8, 4) is 22.0 Å². The Balaban J connectivity index is 1.34. The van der Waals surface area contributed by atoms with Gasteiger partial charge >= 0.3 is 5.97 Å². The molecule has 1 atom stereocenters. The quantitative estimate of drug-likeness (QED) is 0.145. The fourth-order valence-electron chi connectivity index (χ4n) is 4.59. The van der Waals surface area contributed by atoms with E-state index in [0.717, 1.165) is 17.8 Å². The first kappa shape index (κ1) is 32.4. The lowest BCUT2D eigenvalue weighted by Crippen LogP contribution is -2.42. The lowest BCUT2D eigenvalue weighted by Gasteiger charge is -2.21. The highest BCUT2D eigenvalue weighted by Crippen LogP contribution is 2.33. The second-order valence-electron chi connectivity index (χ2n) is 11.4. The minimum absolute atomic E-state index is 0.000847. The largest absolute Gasteiger partial charge is 0.488 e. The first-order chi connectivity index (χ1) is 21.8. The minimum Gasteiger partial charge on any atom is -0.488 e. The SMILES string of the molecule is CC(C)(C)Oc1ccc(C[C@H](NC(=O)c2cc(F)cc(NC(=O)c3cn(-c4ccccc4)nc3-c3ccc(Cl)s3)c2)C(=O)O)cc1. The molecule has 5 aromatic rings. The number of amides is 2. The summed E-state index contributed by atoms with van der Waals surface area (Å²) in [6, 6.07) is 21.5. The van der Waals surface area contributed by atoms with Gasteiger partial charge in [-0.3, -0.25) is 9.59 Å². The summed E-state index contributed by atoms with van der Waals surface area (Å²) in [6.45, 7) is 5.75. The molecule has 0 saturated heterocycles. The van der Waals surface area contributed by atoms with E-state index in [-0.39, 0.29) is 23.2 Å². The molecule has 0 bridgehead atoms. The molecule has 2 aromatic heterocycles. The number of carbonyl (C=O) groups is 3. The molecule has 0 radical (unpaired) electrons. The van der Waals surface area contributed by atoms with Gasteiger partial charge in [-0.05, 0) is 80.9 Å². The highest BCUT2D eigenvalue weighted by Gasteiger charge is 2.24. The number of hydrogen-bond acceptors (Lipinski definition) is 6. The molecule has 12 heteroatoms. The molecule has 0 aliphatic heterocycles. The summed E-state index contributed by atoms with van der Waals surface area (Å²) < 4.78 is 22.6. The van der Waals surface area contributed by atoms with Crippen LogP contribution in [0.5, 0.6) is 5.75 Å². The number of aliphatic carboxylic acids is 1. The number of carboxylic acid groups (broad SMARTS) is 1. The highest BCUT2D eigenvalue weighted by atomic mass is 35.5. The van der Waals surface area contributed by atoms with Crippen LogP contribution in [0.15, 0.2) is 91.1 Å². The van der Waals surface area contributed by atoms with E-state index in [4.69, 9.17) is 16.3 Å². The van der Waals surface area contributed by atoms with Crippen molar-refractivity contribution in [3.05, 3.63) is 118 Å². The summed E-state index contributed by atoms with van der Waals surface area (Å²) in [5.74, 6) is -2.85. The van der Waals surface area contributed by atoms with Gasteiger partial charge < -0.3 is 20.5 Å². The van der Waals surface area contributed by atoms with E-state index in [1.807, 2.05) is 51.1 Å². The Morgan fingerprint density at radius 1 is 1.00 bits per heavy atom. The maximum atomic E-state index is 14.7. The van der Waals surface area contributed by atoms with Gasteiger partial charge in [0.25, 0.3) is 11.8 Å². The standard InChI is InChI=1S/C34H30ClFN4O5S/c1-34(2,3)45-25-11-9-20(10-12-25)15-27(33(43)44)38-31(41)21-16-22(36)18-23(17-21)37-32(42)26-19-40(24-7-5-4-6-8-24)39-30(26)28-13-14-29(35)46-28/h4-14,16-19,27H,15H2,1-3H3,(H,37,42)(H,38,41)(H,43,44)/t27-/m0/s1. The molecule has 0 saturated carbocycles. The normalized spacial score (nSPS) is 11.9. The zero-order valence-corrected chi connectivity index (χ0v) is 26.7. The number of anilines is 1. The molecular weight excluding hydrogens is 631 g/mol. The van der Waals surface area contributed by atoms with Gasteiger partial charge in [0.1, 0.15) is 28.9 Å². The van der Waals surface area contributed by atoms with E-state index in [2.05, 4.69) is 15.7 Å². The lowest BCUT2D eigenvalue weighted by molar-refractivity contribution is -0.139. The molecule has 0 unspecified atom stereocenters. The summed E-state index contributed by atoms with van der Waals surface area (Å²) in [5.41, 5.74) is 1.38. The number of rotatable bonds is 10. The van der Waals surface area contributed by atoms with Crippen molar-refractivity contribution >= 4 is 46.4 Å². The van der Waals surface area contributed by atoms with Crippen molar-refractivity contribution < 1.29 is 28.6 Å².